The summed E-state index contributed by atoms with van der Waals surface area (Å²) in [5.74, 6) is -6.33. The van der Waals surface area contributed by atoms with Crippen LogP contribution in [0.15, 0.2) is 134 Å². The summed E-state index contributed by atoms with van der Waals surface area (Å²) in [6.45, 7) is 4.52. The second-order valence-electron chi connectivity index (χ2n) is 25.5. The summed E-state index contributed by atoms with van der Waals surface area (Å²) in [7, 11) is 8.89. The van der Waals surface area contributed by atoms with Crippen molar-refractivity contribution in [3.63, 3.8) is 0 Å². The van der Waals surface area contributed by atoms with Crippen LogP contribution in [-0.2, 0) is 103 Å². The first kappa shape index (κ1) is 131. The van der Waals surface area contributed by atoms with Crippen molar-refractivity contribution in [2.75, 3.05) is 86.8 Å². The molecule has 716 valence electrons. The number of carbonyl (C=O) groups excluding carboxylic acids is 7. The zero-order chi connectivity index (χ0) is 99.5. The first-order valence-corrected chi connectivity index (χ1v) is 47.5. The number of carboxylic acids is 2. The van der Waals surface area contributed by atoms with E-state index in [4.69, 9.17) is 59.8 Å². The summed E-state index contributed by atoms with van der Waals surface area (Å²) in [5, 5.41) is 45.0. The van der Waals surface area contributed by atoms with Crippen molar-refractivity contribution in [2.45, 2.75) is 77.8 Å². The van der Waals surface area contributed by atoms with E-state index < -0.39 is 164 Å². The Morgan fingerprint density at radius 2 is 0.788 bits per heavy atom. The Morgan fingerprint density at radius 1 is 0.508 bits per heavy atom. The summed E-state index contributed by atoms with van der Waals surface area (Å²) in [6.07, 6.45) is -21.6. The number of non-ortho nitro benzene ring substituents is 2. The van der Waals surface area contributed by atoms with Gasteiger partial charge in [0.25, 0.3) is 52.8 Å². The fraction of sp³-hybridized carbons (Fsp3) is 0.301. The second kappa shape index (κ2) is 60.1. The molecule has 2 unspecified atom stereocenters. The number of alkyl halides is 15. The number of nitrogens with two attached hydrogens (primary N) is 2. The molecule has 0 saturated heterocycles. The van der Waals surface area contributed by atoms with Crippen molar-refractivity contribution >= 4 is 195 Å². The Balaban J connectivity index is -0.000000499. The topological polar surface area (TPSA) is 488 Å². The number of carbonyl (C=O) groups is 9. The van der Waals surface area contributed by atoms with E-state index in [-0.39, 0.29) is 129 Å². The number of aromatic carboxylic acids is 1. The van der Waals surface area contributed by atoms with E-state index in [1.807, 2.05) is 30.3 Å². The Morgan fingerprint density at radius 3 is 1.08 bits per heavy atom. The number of anilines is 3. The number of halogens is 17. The fourth-order valence-electron chi connectivity index (χ4n) is 8.54. The first-order chi connectivity index (χ1) is 58.6. The van der Waals surface area contributed by atoms with Gasteiger partial charge in [-0.25, -0.2) is 24.0 Å². The van der Waals surface area contributed by atoms with Crippen molar-refractivity contribution in [3.8, 4) is 0 Å². The second-order valence-corrected chi connectivity index (χ2v) is 30.8. The average molecular weight is 2150 g/mol. The normalized spacial score (nSPS) is 10.8. The molecule has 6 aromatic carbocycles. The van der Waals surface area contributed by atoms with Crippen LogP contribution in [0.4, 0.5) is 99.1 Å². The number of alkyl carbamates (subject to hydrolysis) is 1. The summed E-state index contributed by atoms with van der Waals surface area (Å²) in [4.78, 5) is 135. The summed E-state index contributed by atoms with van der Waals surface area (Å²) in [6, 6.07) is 19.3. The molecule has 0 spiro atoms. The third kappa shape index (κ3) is 49.1. The van der Waals surface area contributed by atoms with Crippen LogP contribution in [0.2, 0.25) is 0 Å². The number of nitrogens with one attached hydrogen (secondary N) is 3. The van der Waals surface area contributed by atoms with Crippen LogP contribution in [0, 0.1) is 20.2 Å². The van der Waals surface area contributed by atoms with E-state index in [1.165, 1.54) is 140 Å². The maximum Gasteiger partial charge on any atom is 0 e. The molecule has 0 saturated carbocycles. The van der Waals surface area contributed by atoms with E-state index in [1.54, 1.807) is 27.9 Å². The number of aliphatic carboxylic acids is 1. The number of carboxylic acid groups (broad SMARTS) is 2. The van der Waals surface area contributed by atoms with E-state index in [9.17, 15) is 124 Å². The Labute approximate surface area is 820 Å². The van der Waals surface area contributed by atoms with Crippen molar-refractivity contribution in [2.24, 2.45) is 5.73 Å². The molecule has 8 aromatic rings. The predicted octanol–water partition coefficient (Wildman–Crippen LogP) is 14.8. The largest absolute Gasteiger partial charge is 0 e. The zero-order valence-corrected chi connectivity index (χ0v) is 83.0. The molecule has 0 fully saturated rings. The van der Waals surface area contributed by atoms with Crippen LogP contribution >= 0.6 is 51.4 Å². The number of hydrogen-bond donors (Lipinski definition) is 7. The number of thiazole rings is 2. The van der Waals surface area contributed by atoms with Crippen molar-refractivity contribution in [1.29, 1.82) is 0 Å². The number of nitro benzene ring substituents is 2. The number of ether oxygens (including phenoxy) is 1. The number of nitrogens with zero attached hydrogens (tertiary/aromatic N) is 9. The van der Waals surface area contributed by atoms with Gasteiger partial charge < -0.3 is 62.0 Å². The van der Waals surface area contributed by atoms with Crippen LogP contribution in [-0.4, -0.2) is 238 Å². The van der Waals surface area contributed by atoms with E-state index in [2.05, 4.69) is 25.9 Å². The molecule has 0 aliphatic heterocycles. The van der Waals surface area contributed by atoms with E-state index >= 15 is 0 Å². The van der Waals surface area contributed by atoms with Crippen molar-refractivity contribution in [3.05, 3.63) is 235 Å². The Bertz CT molecular complexity index is 5440. The van der Waals surface area contributed by atoms with Gasteiger partial charge in [-0.15, -0.1) is 39.7 Å². The first-order valence-electron chi connectivity index (χ1n) is 34.8. The number of rotatable bonds is 16. The van der Waals surface area contributed by atoms with Gasteiger partial charge in [0, 0.05) is 178 Å². The van der Waals surface area contributed by atoms with Crippen LogP contribution < -0.4 is 27.4 Å². The molecule has 0 bridgehead atoms. The molecular weight excluding hydrogens is 2070 g/mol. The van der Waals surface area contributed by atoms with Gasteiger partial charge in [-0.1, -0.05) is 37.8 Å². The van der Waals surface area contributed by atoms with Crippen LogP contribution in [0.1, 0.15) is 155 Å². The summed E-state index contributed by atoms with van der Waals surface area (Å²) < 4.78 is 234. The van der Waals surface area contributed by atoms with Gasteiger partial charge in [0.2, 0.25) is 0 Å². The standard InChI is InChI=1S/C24H23F3N4O4S.C16H17F3N4O2S.C10H9F3N2O3.C10H11F3N2O.C8H4F3NO4.C2H6ClN.C2H4O2.CH4.BrH.2Na.O4S2.2V/c1-14(29-23(34)35-13-15-7-5-4-6-8-15)21-28-12-19(36-21)20(32)30-18-10-16(22(33)31(2)3)9-17(11-18)24(25,26)27;1-8(20)14-21-7-12(26-14)13(24)22-11-5-9(15(25)23(2)3)4-10(6-11)16(17,18)19;1-14(2)9(16)6-3-7(10(11,12)13)5-8(4-6)15(17)18;1-15(2)9(16)6-3-7(10(11,12)13)5-8(14)4-6;9-8(10,11)5-1-4(7(13)14)2-6(3-5)12(15)16;1-4(2)3;1-2(3)4;;;;;1-5(2)6(3)4;;/h4-12,14H,13H2,1-3H3,(H,29,34)(H,30,32);4-8H,20H2,1-3H3,(H,22,24);3-5H,1-2H3;3-5H,14H2,1-2H3;1-3H,(H,13,14);1-2H3;1H3,(H,3,4);1H4;1H;;;;;. The molecule has 8 rings (SSSR count). The summed E-state index contributed by atoms with van der Waals surface area (Å²) >= 11 is 10.0. The monoisotopic (exact) mass is 2150 g/mol. The smallest absolute Gasteiger partial charge is 0 e. The van der Waals surface area contributed by atoms with Gasteiger partial charge >= 0.3 is 105 Å². The molecule has 59 heteroatoms. The third-order valence-electron chi connectivity index (χ3n) is 14.0. The minimum atomic E-state index is -4.82. The van der Waals surface area contributed by atoms with E-state index in [0.29, 0.717) is 34.3 Å². The number of benzene rings is 6. The maximum absolute atomic E-state index is 13.3. The van der Waals surface area contributed by atoms with Gasteiger partial charge in [-0.05, 0) is 97.9 Å². The molecule has 2 heterocycles. The molecule has 132 heavy (non-hydrogen) atoms. The molecule has 0 aliphatic rings. The molecule has 2 radical (unpaired) electrons. The third-order valence-corrected chi connectivity index (χ3v) is 17.3. The van der Waals surface area contributed by atoms with Gasteiger partial charge in [0.15, 0.2) is 0 Å². The van der Waals surface area contributed by atoms with Crippen LogP contribution in [0.25, 0.3) is 0 Å². The Hall–Kier alpha value is -9.34. The molecule has 34 nitrogen and oxygen atoms in total. The van der Waals surface area contributed by atoms with Gasteiger partial charge in [0.05, 0.1) is 67.7 Å². The number of aromatic nitrogens is 2. The average Bonchev–Trinajstić information content (AvgIpc) is 1.17. The van der Waals surface area contributed by atoms with Crippen molar-refractivity contribution < 1.29 is 188 Å². The Kier molecular flexibility index (Phi) is 59.7. The van der Waals surface area contributed by atoms with Crippen LogP contribution in [0.3, 0.4) is 0 Å². The number of amides is 7. The number of hydrogen-bond acceptors (Lipinski definition) is 25. The van der Waals surface area contributed by atoms with Gasteiger partial charge in [0.1, 0.15) is 26.4 Å². The van der Waals surface area contributed by atoms with Crippen LogP contribution in [0.5, 0.6) is 0 Å². The van der Waals surface area contributed by atoms with E-state index in [0.717, 1.165) is 92.3 Å². The quantitative estimate of drug-likeness (QED) is 0.0118. The SMILES string of the molecule is Br.C.CC(=O)O.CC(N)c1ncc(C(=O)Nc2cc(C(=O)N(C)C)cc(C(F)(F)F)c2)s1.CC(NC(=O)OCc1ccccc1)c1ncc(C(=O)Nc2cc(C(=O)N(C)C)cc(C(F)(F)F)c2)s1.CN(C)C(=O)c1cc(N)cc(C(F)(F)F)c1.CN(C)C(=O)c1cc([N+](=O)[O-])cc(C(F)(F)F)c1.CN(C)Cl.O=C(O)c1cc([N+](=O)[O-])cc(C(F)(F)F)c1.O=S(=O)=S(=O)=O.[Na][Na].[V].[V]. The molecular formula is C73H79BrClF15N14Na2O20S4V2. The maximum atomic E-state index is 13.3. The van der Waals surface area contributed by atoms with Gasteiger partial charge in [-0.3, -0.25) is 53.8 Å². The zero-order valence-electron chi connectivity index (χ0n) is 70.5. The minimum Gasteiger partial charge on any atom is 0 e. The minimum absolute atomic E-state index is 0. The molecule has 9 N–H and O–H groups in total. The molecule has 2 atom stereocenters. The molecule has 7 amide bonds. The molecule has 2 aromatic heterocycles. The van der Waals surface area contributed by atoms with Crippen molar-refractivity contribution in [1.82, 2.24) is 39.3 Å². The summed E-state index contributed by atoms with van der Waals surface area (Å²) in [5.41, 5.74) is 2.52. The fourth-order valence-corrected chi connectivity index (χ4v) is 10.1. The number of nitrogen functional groups attached to an aromatic ring is 1. The predicted molar refractivity (Wildman–Crippen MR) is 454 cm³/mol. The molecule has 0 aliphatic carbocycles. The number of nitro groups is 2. The van der Waals surface area contributed by atoms with Gasteiger partial charge in [-0.2, -0.15) is 82.7 Å².